The Kier molecular flexibility index (Phi) is 7.12. The van der Waals surface area contributed by atoms with Crippen molar-refractivity contribution in [3.05, 3.63) is 54.4 Å². The molecule has 1 aromatic carbocycles. The Balaban J connectivity index is 1.54. The number of likely N-dealkylation sites (tertiary alicyclic amines) is 1. The monoisotopic (exact) mass is 384 g/mol. The molecule has 3 rings (SSSR count). The third kappa shape index (κ3) is 5.47. The number of benzene rings is 1. The molecule has 144 valence electrons. The summed E-state index contributed by atoms with van der Waals surface area (Å²) in [6.07, 6.45) is 6.97. The SMILES string of the molecule is CSc1ccccc1NC(=O)N1CCCC(N(C)CCc2ccccn2)C1. The van der Waals surface area contributed by atoms with Crippen molar-refractivity contribution in [1.29, 1.82) is 0 Å². The molecule has 2 amide bonds. The minimum Gasteiger partial charge on any atom is -0.323 e. The van der Waals surface area contributed by atoms with E-state index in [1.807, 2.05) is 53.8 Å². The number of urea groups is 1. The molecule has 2 aromatic rings. The summed E-state index contributed by atoms with van der Waals surface area (Å²) in [5.41, 5.74) is 2.00. The van der Waals surface area contributed by atoms with Gasteiger partial charge in [-0.3, -0.25) is 4.98 Å². The lowest BCUT2D eigenvalue weighted by Gasteiger charge is -2.37. The van der Waals surface area contributed by atoms with Gasteiger partial charge >= 0.3 is 6.03 Å². The minimum absolute atomic E-state index is 0.000624. The number of likely N-dealkylation sites (N-methyl/N-ethyl adjacent to an activating group) is 1. The number of anilines is 1. The van der Waals surface area contributed by atoms with E-state index in [0.717, 1.165) is 55.2 Å². The van der Waals surface area contributed by atoms with Crippen LogP contribution in [0.2, 0.25) is 0 Å². The van der Waals surface area contributed by atoms with E-state index < -0.39 is 0 Å². The van der Waals surface area contributed by atoms with E-state index in [1.165, 1.54) is 0 Å². The number of carbonyl (C=O) groups excluding carboxylic acids is 1. The molecule has 2 heterocycles. The average Bonchev–Trinajstić information content (AvgIpc) is 2.73. The van der Waals surface area contributed by atoms with Gasteiger partial charge in [-0.15, -0.1) is 11.8 Å². The molecule has 1 aliphatic heterocycles. The maximum atomic E-state index is 12.8. The number of aromatic nitrogens is 1. The number of carbonyl (C=O) groups is 1. The molecule has 1 unspecified atom stereocenters. The number of nitrogens with one attached hydrogen (secondary N) is 1. The summed E-state index contributed by atoms with van der Waals surface area (Å²) in [7, 11) is 2.15. The maximum Gasteiger partial charge on any atom is 0.321 e. The van der Waals surface area contributed by atoms with Crippen LogP contribution in [0.5, 0.6) is 0 Å². The number of amides is 2. The fourth-order valence-corrected chi connectivity index (χ4v) is 4.01. The number of para-hydroxylation sites is 1. The predicted molar refractivity (Wildman–Crippen MR) is 112 cm³/mol. The Labute approximate surface area is 166 Å². The molecule has 5 nitrogen and oxygen atoms in total. The van der Waals surface area contributed by atoms with Crippen LogP contribution in [0.1, 0.15) is 18.5 Å². The zero-order chi connectivity index (χ0) is 19.1. The summed E-state index contributed by atoms with van der Waals surface area (Å²) >= 11 is 1.65. The molecule has 0 spiro atoms. The van der Waals surface area contributed by atoms with Gasteiger partial charge in [0.1, 0.15) is 0 Å². The molecule has 0 aliphatic carbocycles. The normalized spacial score (nSPS) is 17.1. The second kappa shape index (κ2) is 9.76. The fraction of sp³-hybridized carbons (Fsp3) is 0.429. The van der Waals surface area contributed by atoms with Gasteiger partial charge in [0.2, 0.25) is 0 Å². The van der Waals surface area contributed by atoms with Crippen molar-refractivity contribution in [3.63, 3.8) is 0 Å². The lowest BCUT2D eigenvalue weighted by atomic mass is 10.0. The van der Waals surface area contributed by atoms with Crippen LogP contribution in [0.3, 0.4) is 0 Å². The minimum atomic E-state index is -0.000624. The van der Waals surface area contributed by atoms with Crippen LogP contribution in [0.15, 0.2) is 53.6 Å². The number of hydrogen-bond acceptors (Lipinski definition) is 4. The number of piperidine rings is 1. The second-order valence-corrected chi connectivity index (χ2v) is 7.77. The molecule has 1 atom stereocenters. The van der Waals surface area contributed by atoms with Crippen LogP contribution in [0.4, 0.5) is 10.5 Å². The maximum absolute atomic E-state index is 12.8. The van der Waals surface area contributed by atoms with Crippen molar-refractivity contribution in [3.8, 4) is 0 Å². The van der Waals surface area contributed by atoms with Crippen molar-refractivity contribution in [2.75, 3.05) is 38.3 Å². The Bertz CT molecular complexity index is 740. The zero-order valence-electron chi connectivity index (χ0n) is 16.1. The molecular weight excluding hydrogens is 356 g/mol. The highest BCUT2D eigenvalue weighted by molar-refractivity contribution is 7.98. The highest BCUT2D eigenvalue weighted by Crippen LogP contribution is 2.25. The number of nitrogens with zero attached hydrogens (tertiary/aromatic N) is 3. The standard InChI is InChI=1S/C21H28N4OS/c1-24(15-12-17-8-5-6-13-22-17)18-9-7-14-25(16-18)21(26)23-19-10-3-4-11-20(19)27-2/h3-6,8,10-11,13,18H,7,9,12,14-16H2,1-2H3,(H,23,26). The van der Waals surface area contributed by atoms with Gasteiger partial charge < -0.3 is 15.1 Å². The van der Waals surface area contributed by atoms with Crippen LogP contribution in [-0.2, 0) is 6.42 Å². The molecule has 1 saturated heterocycles. The molecular formula is C21H28N4OS. The quantitative estimate of drug-likeness (QED) is 0.766. The third-order valence-corrected chi connectivity index (χ3v) is 5.90. The third-order valence-electron chi connectivity index (χ3n) is 5.10. The van der Waals surface area contributed by atoms with Gasteiger partial charge in [0.15, 0.2) is 0 Å². The van der Waals surface area contributed by atoms with Crippen LogP contribution in [-0.4, -0.2) is 59.8 Å². The van der Waals surface area contributed by atoms with Gasteiger partial charge in [-0.1, -0.05) is 18.2 Å². The number of pyridine rings is 1. The molecule has 1 aromatic heterocycles. The van der Waals surface area contributed by atoms with E-state index in [2.05, 4.69) is 28.3 Å². The largest absolute Gasteiger partial charge is 0.323 e. The first-order chi connectivity index (χ1) is 13.2. The van der Waals surface area contributed by atoms with E-state index in [0.29, 0.717) is 6.04 Å². The van der Waals surface area contributed by atoms with E-state index in [9.17, 15) is 4.79 Å². The highest BCUT2D eigenvalue weighted by atomic mass is 32.2. The topological polar surface area (TPSA) is 48.5 Å². The molecule has 27 heavy (non-hydrogen) atoms. The van der Waals surface area contributed by atoms with Crippen molar-refractivity contribution in [1.82, 2.24) is 14.8 Å². The lowest BCUT2D eigenvalue weighted by Crippen LogP contribution is -2.50. The summed E-state index contributed by atoms with van der Waals surface area (Å²) in [5.74, 6) is 0. The van der Waals surface area contributed by atoms with Crippen LogP contribution < -0.4 is 5.32 Å². The molecule has 6 heteroatoms. The van der Waals surface area contributed by atoms with Gasteiger partial charge in [-0.2, -0.15) is 0 Å². The molecule has 1 fully saturated rings. The van der Waals surface area contributed by atoms with E-state index in [-0.39, 0.29) is 6.03 Å². The molecule has 1 N–H and O–H groups in total. The van der Waals surface area contributed by atoms with Crippen molar-refractivity contribution in [2.24, 2.45) is 0 Å². The van der Waals surface area contributed by atoms with Gasteiger partial charge in [-0.05, 0) is 50.4 Å². The molecule has 0 bridgehead atoms. The summed E-state index contributed by atoms with van der Waals surface area (Å²) < 4.78 is 0. The van der Waals surface area contributed by atoms with Gasteiger partial charge in [-0.25, -0.2) is 4.79 Å². The fourth-order valence-electron chi connectivity index (χ4n) is 3.46. The molecule has 0 radical (unpaired) electrons. The molecule has 0 saturated carbocycles. The predicted octanol–water partition coefficient (Wildman–Crippen LogP) is 3.97. The first kappa shape index (κ1) is 19.7. The van der Waals surface area contributed by atoms with E-state index in [4.69, 9.17) is 0 Å². The Morgan fingerprint density at radius 2 is 2.11 bits per heavy atom. The highest BCUT2D eigenvalue weighted by Gasteiger charge is 2.26. The Hall–Kier alpha value is -2.05. The Morgan fingerprint density at radius 3 is 2.89 bits per heavy atom. The van der Waals surface area contributed by atoms with Crippen molar-refractivity contribution >= 4 is 23.5 Å². The van der Waals surface area contributed by atoms with Crippen molar-refractivity contribution < 1.29 is 4.79 Å². The van der Waals surface area contributed by atoms with Crippen molar-refractivity contribution in [2.45, 2.75) is 30.2 Å². The molecule has 1 aliphatic rings. The van der Waals surface area contributed by atoms with Crippen LogP contribution >= 0.6 is 11.8 Å². The number of thioether (sulfide) groups is 1. The Morgan fingerprint density at radius 1 is 1.30 bits per heavy atom. The van der Waals surface area contributed by atoms with Crippen LogP contribution in [0.25, 0.3) is 0 Å². The zero-order valence-corrected chi connectivity index (χ0v) is 16.9. The van der Waals surface area contributed by atoms with E-state index >= 15 is 0 Å². The smallest absolute Gasteiger partial charge is 0.321 e. The lowest BCUT2D eigenvalue weighted by molar-refractivity contribution is 0.133. The summed E-state index contributed by atoms with van der Waals surface area (Å²) in [6.45, 7) is 2.54. The average molecular weight is 385 g/mol. The number of hydrogen-bond donors (Lipinski definition) is 1. The summed E-state index contributed by atoms with van der Waals surface area (Å²) in [6, 6.07) is 14.4. The van der Waals surface area contributed by atoms with Gasteiger partial charge in [0, 0.05) is 48.9 Å². The van der Waals surface area contributed by atoms with Crippen LogP contribution in [0, 0.1) is 0 Å². The summed E-state index contributed by atoms with van der Waals surface area (Å²) in [4.78, 5) is 22.6. The summed E-state index contributed by atoms with van der Waals surface area (Å²) in [5, 5.41) is 3.09. The first-order valence-corrected chi connectivity index (χ1v) is 10.7. The number of rotatable bonds is 6. The van der Waals surface area contributed by atoms with E-state index in [1.54, 1.807) is 11.8 Å². The van der Waals surface area contributed by atoms with Gasteiger partial charge in [0.05, 0.1) is 5.69 Å². The van der Waals surface area contributed by atoms with Gasteiger partial charge in [0.25, 0.3) is 0 Å². The first-order valence-electron chi connectivity index (χ1n) is 9.46. The second-order valence-electron chi connectivity index (χ2n) is 6.92.